The van der Waals surface area contributed by atoms with Gasteiger partial charge in [-0.1, -0.05) is 35.0 Å². The molecule has 0 amide bonds. The monoisotopic (exact) mass is 458 g/mol. The minimum absolute atomic E-state index is 0.0805. The first-order valence-electron chi connectivity index (χ1n) is 8.06. The Morgan fingerprint density at radius 2 is 1.79 bits per heavy atom. The number of pyridine rings is 1. The van der Waals surface area contributed by atoms with E-state index in [9.17, 15) is 13.2 Å². The highest BCUT2D eigenvalue weighted by atomic mass is 35.5. The van der Waals surface area contributed by atoms with Gasteiger partial charge in [0.05, 0.1) is 16.3 Å². The third-order valence-corrected chi connectivity index (χ3v) is 5.51. The molecular formula is C17H11Cl2F3N6S. The maximum atomic E-state index is 12.9. The summed E-state index contributed by atoms with van der Waals surface area (Å²) in [6.45, 7) is 0. The summed E-state index contributed by atoms with van der Waals surface area (Å²) in [4.78, 5) is 4.28. The second kappa shape index (κ2) is 7.43. The first-order valence-corrected chi connectivity index (χ1v) is 9.80. The molecule has 0 aliphatic heterocycles. The van der Waals surface area contributed by atoms with Gasteiger partial charge in [-0.05, 0) is 30.3 Å². The van der Waals surface area contributed by atoms with E-state index in [1.165, 1.54) is 27.0 Å². The number of imidazole rings is 1. The molecule has 150 valence electrons. The highest BCUT2D eigenvalue weighted by Crippen LogP contribution is 2.33. The topological polar surface area (TPSA) is 74.0 Å². The van der Waals surface area contributed by atoms with Crippen molar-refractivity contribution in [1.29, 1.82) is 0 Å². The zero-order valence-electron chi connectivity index (χ0n) is 14.4. The number of hydrogen-bond donors (Lipinski definition) is 1. The molecule has 0 saturated heterocycles. The number of benzene rings is 1. The lowest BCUT2D eigenvalue weighted by Gasteiger charge is -2.07. The quantitative estimate of drug-likeness (QED) is 0.346. The lowest BCUT2D eigenvalue weighted by atomic mass is 10.2. The highest BCUT2D eigenvalue weighted by Gasteiger charge is 2.32. The summed E-state index contributed by atoms with van der Waals surface area (Å²) in [7, 11) is 0. The van der Waals surface area contributed by atoms with Gasteiger partial charge >= 0.3 is 6.18 Å². The van der Waals surface area contributed by atoms with Crippen LogP contribution in [0.25, 0.3) is 17.0 Å². The minimum atomic E-state index is -4.49. The number of nitrogens with two attached hydrogens (primary N) is 1. The number of aromatic nitrogens is 5. The van der Waals surface area contributed by atoms with E-state index in [1.807, 2.05) is 0 Å². The van der Waals surface area contributed by atoms with Crippen LogP contribution in [0.2, 0.25) is 10.0 Å². The molecule has 0 atom stereocenters. The summed E-state index contributed by atoms with van der Waals surface area (Å²) < 4.78 is 41.4. The Morgan fingerprint density at radius 1 is 1.07 bits per heavy atom. The summed E-state index contributed by atoms with van der Waals surface area (Å²) >= 11 is 13.1. The normalized spacial score (nSPS) is 12.0. The van der Waals surface area contributed by atoms with Crippen molar-refractivity contribution in [3.05, 3.63) is 64.0 Å². The first kappa shape index (κ1) is 19.9. The average molecular weight is 459 g/mol. The first-order chi connectivity index (χ1) is 13.7. The van der Waals surface area contributed by atoms with Crippen molar-refractivity contribution in [2.24, 2.45) is 0 Å². The minimum Gasteiger partial charge on any atom is -0.335 e. The predicted octanol–water partition coefficient (Wildman–Crippen LogP) is 4.92. The van der Waals surface area contributed by atoms with Crippen LogP contribution in [-0.4, -0.2) is 24.3 Å². The Hall–Kier alpha value is -2.43. The van der Waals surface area contributed by atoms with Gasteiger partial charge in [0.1, 0.15) is 0 Å². The van der Waals surface area contributed by atoms with Crippen LogP contribution in [0.5, 0.6) is 0 Å². The Morgan fingerprint density at radius 3 is 2.48 bits per heavy atom. The van der Waals surface area contributed by atoms with E-state index < -0.39 is 11.7 Å². The molecule has 0 fully saturated rings. The van der Waals surface area contributed by atoms with Crippen molar-refractivity contribution in [1.82, 2.24) is 24.3 Å². The van der Waals surface area contributed by atoms with Crippen molar-refractivity contribution in [2.45, 2.75) is 17.1 Å². The van der Waals surface area contributed by atoms with Crippen molar-refractivity contribution in [2.75, 3.05) is 5.84 Å². The summed E-state index contributed by atoms with van der Waals surface area (Å²) in [6.07, 6.45) is -2.06. The Bertz CT molecular complexity index is 1190. The predicted molar refractivity (Wildman–Crippen MR) is 105 cm³/mol. The molecule has 0 radical (unpaired) electrons. The molecule has 29 heavy (non-hydrogen) atoms. The summed E-state index contributed by atoms with van der Waals surface area (Å²) in [6, 6.07) is 7.83. The summed E-state index contributed by atoms with van der Waals surface area (Å²) in [5, 5.41) is 9.06. The Labute approximate surface area is 176 Å². The van der Waals surface area contributed by atoms with Gasteiger partial charge in [-0.2, -0.15) is 13.2 Å². The number of nitrogens with zero attached hydrogens (tertiary/aromatic N) is 5. The average Bonchev–Trinajstić information content (AvgIpc) is 3.24. The molecule has 4 rings (SSSR count). The maximum absolute atomic E-state index is 12.9. The number of halogens is 5. The number of rotatable bonds is 4. The van der Waals surface area contributed by atoms with Gasteiger partial charge in [-0.3, -0.25) is 0 Å². The molecule has 3 aromatic heterocycles. The third-order valence-electron chi connectivity index (χ3n) is 4.00. The molecule has 1 aromatic carbocycles. The molecule has 0 aliphatic rings. The van der Waals surface area contributed by atoms with E-state index in [0.29, 0.717) is 27.5 Å². The lowest BCUT2D eigenvalue weighted by molar-refractivity contribution is -0.137. The smallest absolute Gasteiger partial charge is 0.335 e. The largest absolute Gasteiger partial charge is 0.417 e. The number of alkyl halides is 3. The molecular weight excluding hydrogens is 448 g/mol. The molecule has 0 aliphatic carbocycles. The summed E-state index contributed by atoms with van der Waals surface area (Å²) in [5.74, 6) is 6.84. The molecule has 0 saturated carbocycles. The fourth-order valence-electron chi connectivity index (χ4n) is 2.64. The van der Waals surface area contributed by atoms with Crippen molar-refractivity contribution in [3.8, 4) is 11.4 Å². The second-order valence-electron chi connectivity index (χ2n) is 6.01. The van der Waals surface area contributed by atoms with Crippen molar-refractivity contribution in [3.63, 3.8) is 0 Å². The molecule has 0 bridgehead atoms. The van der Waals surface area contributed by atoms with E-state index in [4.69, 9.17) is 29.0 Å². The Balaban J connectivity index is 1.56. The number of thioether (sulfide) groups is 1. The highest BCUT2D eigenvalue weighted by molar-refractivity contribution is 7.98. The van der Waals surface area contributed by atoms with Gasteiger partial charge in [-0.15, -0.1) is 10.2 Å². The van der Waals surface area contributed by atoms with Crippen LogP contribution in [0.1, 0.15) is 11.3 Å². The van der Waals surface area contributed by atoms with E-state index in [0.717, 1.165) is 17.8 Å². The molecule has 12 heteroatoms. The van der Waals surface area contributed by atoms with Crippen LogP contribution < -0.4 is 5.84 Å². The molecule has 0 spiro atoms. The van der Waals surface area contributed by atoms with E-state index in [1.54, 1.807) is 24.3 Å². The molecule has 2 N–H and O–H groups in total. The van der Waals surface area contributed by atoms with E-state index in [2.05, 4.69) is 15.2 Å². The molecule has 3 heterocycles. The maximum Gasteiger partial charge on any atom is 0.417 e. The molecule has 6 nitrogen and oxygen atoms in total. The fourth-order valence-corrected chi connectivity index (χ4v) is 3.77. The zero-order chi connectivity index (χ0) is 20.8. The number of nitrogen functional groups attached to an aromatic ring is 1. The van der Waals surface area contributed by atoms with Gasteiger partial charge in [0.25, 0.3) is 0 Å². The lowest BCUT2D eigenvalue weighted by Crippen LogP contribution is -2.11. The van der Waals surface area contributed by atoms with Crippen molar-refractivity contribution < 1.29 is 13.2 Å². The zero-order valence-corrected chi connectivity index (χ0v) is 16.7. The SMILES string of the molecule is Nn1c(SCc2cn3cc(C(F)(F)F)cc(Cl)c3n2)nnc1-c1ccc(Cl)cc1. The van der Waals surface area contributed by atoms with Crippen LogP contribution >= 0.6 is 35.0 Å². The van der Waals surface area contributed by atoms with Gasteiger partial charge < -0.3 is 10.2 Å². The van der Waals surface area contributed by atoms with Gasteiger partial charge in [-0.25, -0.2) is 9.66 Å². The fraction of sp³-hybridized carbons (Fsp3) is 0.118. The van der Waals surface area contributed by atoms with Crippen LogP contribution in [0, 0.1) is 0 Å². The molecule has 4 aromatic rings. The summed E-state index contributed by atoms with van der Waals surface area (Å²) in [5.41, 5.74) is 0.662. The number of hydrogen-bond acceptors (Lipinski definition) is 5. The van der Waals surface area contributed by atoms with Gasteiger partial charge in [0.15, 0.2) is 11.5 Å². The second-order valence-corrected chi connectivity index (χ2v) is 7.80. The van der Waals surface area contributed by atoms with Crippen LogP contribution in [0.15, 0.2) is 47.9 Å². The van der Waals surface area contributed by atoms with Gasteiger partial charge in [0.2, 0.25) is 5.16 Å². The standard InChI is InChI=1S/C17H11Cl2F3N6S/c18-11-3-1-9(2-4-11)14-25-26-16(28(14)23)29-8-12-7-27-6-10(17(20,21)22)5-13(19)15(27)24-12/h1-7H,8,23H2. The van der Waals surface area contributed by atoms with E-state index in [-0.39, 0.29) is 10.7 Å². The van der Waals surface area contributed by atoms with Crippen LogP contribution in [0.3, 0.4) is 0 Å². The van der Waals surface area contributed by atoms with Crippen molar-refractivity contribution >= 4 is 40.6 Å². The van der Waals surface area contributed by atoms with Crippen LogP contribution in [-0.2, 0) is 11.9 Å². The third kappa shape index (κ3) is 4.00. The Kier molecular flexibility index (Phi) is 5.09. The number of fused-ring (bicyclic) bond motifs is 1. The van der Waals surface area contributed by atoms with Gasteiger partial charge in [0, 0.05) is 28.7 Å². The molecule has 0 unspecified atom stereocenters. The van der Waals surface area contributed by atoms with E-state index >= 15 is 0 Å². The van der Waals surface area contributed by atoms with Crippen LogP contribution in [0.4, 0.5) is 13.2 Å².